The van der Waals surface area contributed by atoms with Crippen molar-refractivity contribution >= 4 is 23.4 Å². The molecule has 0 unspecified atom stereocenters. The molecule has 2 amide bonds. The zero-order valence-electron chi connectivity index (χ0n) is 15.7. The number of amides is 2. The highest BCUT2D eigenvalue weighted by Gasteiger charge is 2.33. The zero-order chi connectivity index (χ0) is 18.9. The van der Waals surface area contributed by atoms with Crippen LogP contribution in [0.3, 0.4) is 0 Å². The molecule has 0 heterocycles. The Hall–Kier alpha value is -1.59. The van der Waals surface area contributed by atoms with E-state index in [1.165, 1.54) is 11.3 Å². The van der Waals surface area contributed by atoms with Gasteiger partial charge in [0.05, 0.1) is 6.61 Å². The first-order valence-corrected chi connectivity index (χ1v) is 9.82. The highest BCUT2D eigenvalue weighted by atomic mass is 35.5. The van der Waals surface area contributed by atoms with Gasteiger partial charge < -0.3 is 15.0 Å². The number of alkyl halides is 1. The average Bonchev–Trinajstić information content (AvgIpc) is 2.66. The molecule has 1 saturated carbocycles. The van der Waals surface area contributed by atoms with Crippen molar-refractivity contribution in [3.05, 3.63) is 35.4 Å². The molecular weight excluding hydrogens is 352 g/mol. The van der Waals surface area contributed by atoms with Gasteiger partial charge in [-0.15, -0.1) is 11.6 Å². The van der Waals surface area contributed by atoms with Crippen molar-refractivity contribution in [3.8, 4) is 0 Å². The molecule has 2 rings (SSSR count). The summed E-state index contributed by atoms with van der Waals surface area (Å²) < 4.78 is 5.14. The number of nitrogens with zero attached hydrogens (tertiary/aromatic N) is 1. The summed E-state index contributed by atoms with van der Waals surface area (Å²) in [7, 11) is 1.58. The summed E-state index contributed by atoms with van der Waals surface area (Å²) in [5.41, 5.74) is 1.80. The average molecular weight is 381 g/mol. The quantitative estimate of drug-likeness (QED) is 0.704. The minimum atomic E-state index is -0.695. The lowest BCUT2D eigenvalue weighted by Crippen LogP contribution is -2.48. The fourth-order valence-corrected chi connectivity index (χ4v) is 3.69. The van der Waals surface area contributed by atoms with Crippen LogP contribution in [0, 0.1) is 6.92 Å². The lowest BCUT2D eigenvalue weighted by molar-refractivity contribution is -0.140. The molecule has 1 N–H and O–H groups in total. The number of carbonyl (C=O) groups excluding carboxylic acids is 2. The molecule has 0 bridgehead atoms. The number of ether oxygens (including phenoxy) is 1. The standard InChI is InChI=1S/C20H29ClN2O3/c1-15-8-6-7-11-17(15)19(23(12-13-26-2)18(24)14-21)20(25)22-16-9-4-3-5-10-16/h6-8,11,16,19H,3-5,9-10,12-14H2,1-2H3,(H,22,25)/t19-/m0/s1. The molecule has 1 aliphatic carbocycles. The summed E-state index contributed by atoms with van der Waals surface area (Å²) in [5, 5.41) is 3.16. The fraction of sp³-hybridized carbons (Fsp3) is 0.600. The van der Waals surface area contributed by atoms with Gasteiger partial charge >= 0.3 is 0 Å². The molecule has 1 atom stereocenters. The number of rotatable bonds is 8. The molecule has 0 spiro atoms. The van der Waals surface area contributed by atoms with Crippen LogP contribution in [0.5, 0.6) is 0 Å². The Labute approximate surface area is 161 Å². The molecule has 6 heteroatoms. The summed E-state index contributed by atoms with van der Waals surface area (Å²) >= 11 is 5.83. The van der Waals surface area contributed by atoms with Gasteiger partial charge in [-0.3, -0.25) is 9.59 Å². The highest BCUT2D eigenvalue weighted by Crippen LogP contribution is 2.26. The van der Waals surface area contributed by atoms with Crippen LogP contribution in [-0.4, -0.2) is 48.9 Å². The SMILES string of the molecule is COCCN(C(=O)CCl)[C@H](C(=O)NC1CCCCC1)c1ccccc1C. The van der Waals surface area contributed by atoms with Crippen molar-refractivity contribution in [2.75, 3.05) is 26.1 Å². The molecule has 0 radical (unpaired) electrons. The third-order valence-corrected chi connectivity index (χ3v) is 5.19. The molecule has 1 aliphatic rings. The smallest absolute Gasteiger partial charge is 0.247 e. The molecule has 0 aliphatic heterocycles. The minimum Gasteiger partial charge on any atom is -0.383 e. The van der Waals surface area contributed by atoms with Crippen molar-refractivity contribution in [1.29, 1.82) is 0 Å². The van der Waals surface area contributed by atoms with Crippen LogP contribution in [0.25, 0.3) is 0 Å². The maximum absolute atomic E-state index is 13.2. The lowest BCUT2D eigenvalue weighted by atomic mass is 9.94. The second-order valence-corrected chi connectivity index (χ2v) is 7.08. The predicted octanol–water partition coefficient (Wildman–Crippen LogP) is 3.20. The number of benzene rings is 1. The van der Waals surface area contributed by atoms with E-state index >= 15 is 0 Å². The topological polar surface area (TPSA) is 58.6 Å². The maximum atomic E-state index is 13.2. The first kappa shape index (κ1) is 20.7. The number of hydrogen-bond donors (Lipinski definition) is 1. The molecule has 144 valence electrons. The summed E-state index contributed by atoms with van der Waals surface area (Å²) in [5.74, 6) is -0.570. The van der Waals surface area contributed by atoms with Crippen molar-refractivity contribution in [3.63, 3.8) is 0 Å². The van der Waals surface area contributed by atoms with E-state index < -0.39 is 6.04 Å². The second-order valence-electron chi connectivity index (χ2n) is 6.82. The van der Waals surface area contributed by atoms with Crippen LogP contribution in [-0.2, 0) is 14.3 Å². The van der Waals surface area contributed by atoms with E-state index in [9.17, 15) is 9.59 Å². The van der Waals surface area contributed by atoms with Gasteiger partial charge in [0.15, 0.2) is 0 Å². The van der Waals surface area contributed by atoms with Gasteiger partial charge in [-0.1, -0.05) is 43.5 Å². The number of aryl methyl sites for hydroxylation is 1. The Morgan fingerprint density at radius 2 is 1.96 bits per heavy atom. The lowest BCUT2D eigenvalue weighted by Gasteiger charge is -2.33. The number of carbonyl (C=O) groups is 2. The van der Waals surface area contributed by atoms with E-state index in [0.29, 0.717) is 13.2 Å². The Morgan fingerprint density at radius 3 is 2.58 bits per heavy atom. The minimum absolute atomic E-state index is 0.138. The van der Waals surface area contributed by atoms with Crippen LogP contribution in [0.4, 0.5) is 0 Å². The van der Waals surface area contributed by atoms with Gasteiger partial charge in [-0.25, -0.2) is 0 Å². The molecule has 0 aromatic heterocycles. The van der Waals surface area contributed by atoms with Crippen molar-refractivity contribution in [2.45, 2.75) is 51.1 Å². The third kappa shape index (κ3) is 5.45. The Balaban J connectivity index is 2.31. The van der Waals surface area contributed by atoms with Crippen LogP contribution >= 0.6 is 11.6 Å². The van der Waals surface area contributed by atoms with Gasteiger partial charge in [0.1, 0.15) is 11.9 Å². The largest absolute Gasteiger partial charge is 0.383 e. The normalized spacial score (nSPS) is 16.1. The summed E-state index contributed by atoms with van der Waals surface area (Å²) in [6.45, 7) is 2.62. The number of methoxy groups -OCH3 is 1. The first-order chi connectivity index (χ1) is 12.6. The van der Waals surface area contributed by atoms with Crippen LogP contribution in [0.2, 0.25) is 0 Å². The van der Waals surface area contributed by atoms with E-state index in [1.807, 2.05) is 31.2 Å². The van der Waals surface area contributed by atoms with Gasteiger partial charge in [0.25, 0.3) is 0 Å². The van der Waals surface area contributed by atoms with E-state index in [4.69, 9.17) is 16.3 Å². The summed E-state index contributed by atoms with van der Waals surface area (Å²) in [6, 6.07) is 7.16. The van der Waals surface area contributed by atoms with Gasteiger partial charge in [-0.05, 0) is 30.9 Å². The van der Waals surface area contributed by atoms with E-state index in [1.54, 1.807) is 7.11 Å². The monoisotopic (exact) mass is 380 g/mol. The maximum Gasteiger partial charge on any atom is 0.247 e. The van der Waals surface area contributed by atoms with Crippen LogP contribution in [0.1, 0.15) is 49.3 Å². The van der Waals surface area contributed by atoms with Gasteiger partial charge in [0.2, 0.25) is 11.8 Å². The van der Waals surface area contributed by atoms with E-state index in [2.05, 4.69) is 5.32 Å². The molecule has 5 nitrogen and oxygen atoms in total. The Morgan fingerprint density at radius 1 is 1.27 bits per heavy atom. The molecule has 26 heavy (non-hydrogen) atoms. The van der Waals surface area contributed by atoms with E-state index in [-0.39, 0.29) is 23.7 Å². The molecule has 1 aromatic carbocycles. The molecule has 1 aromatic rings. The Bertz CT molecular complexity index is 602. The van der Waals surface area contributed by atoms with Crippen LogP contribution < -0.4 is 5.32 Å². The van der Waals surface area contributed by atoms with Crippen molar-refractivity contribution < 1.29 is 14.3 Å². The van der Waals surface area contributed by atoms with Crippen molar-refractivity contribution in [2.24, 2.45) is 0 Å². The number of hydrogen-bond acceptors (Lipinski definition) is 3. The highest BCUT2D eigenvalue weighted by molar-refractivity contribution is 6.27. The van der Waals surface area contributed by atoms with Gasteiger partial charge in [0, 0.05) is 19.7 Å². The fourth-order valence-electron chi connectivity index (χ4n) is 3.54. The number of halogens is 1. The number of nitrogens with one attached hydrogen (secondary N) is 1. The Kier molecular flexibility index (Phi) is 8.39. The molecule has 0 saturated heterocycles. The molecular formula is C20H29ClN2O3. The summed E-state index contributed by atoms with van der Waals surface area (Å²) in [6.07, 6.45) is 5.47. The van der Waals surface area contributed by atoms with Crippen LogP contribution in [0.15, 0.2) is 24.3 Å². The predicted molar refractivity (Wildman–Crippen MR) is 103 cm³/mol. The zero-order valence-corrected chi connectivity index (χ0v) is 16.4. The molecule has 1 fully saturated rings. The second kappa shape index (κ2) is 10.5. The van der Waals surface area contributed by atoms with Crippen molar-refractivity contribution in [1.82, 2.24) is 10.2 Å². The van der Waals surface area contributed by atoms with Gasteiger partial charge in [-0.2, -0.15) is 0 Å². The van der Waals surface area contributed by atoms with E-state index in [0.717, 1.165) is 36.8 Å². The summed E-state index contributed by atoms with van der Waals surface area (Å²) in [4.78, 5) is 27.2. The third-order valence-electron chi connectivity index (χ3n) is 4.97. The first-order valence-electron chi connectivity index (χ1n) is 9.28.